The zero-order chi connectivity index (χ0) is 23.5. The van der Waals surface area contributed by atoms with Crippen LogP contribution < -0.4 is 9.64 Å². The molecule has 1 aromatic heterocycles. The van der Waals surface area contributed by atoms with E-state index in [9.17, 15) is 18.8 Å². The van der Waals surface area contributed by atoms with Gasteiger partial charge in [-0.2, -0.15) is 14.0 Å². The molecular formula is C26H29F2N3O2. The maximum atomic E-state index is 13.4. The van der Waals surface area contributed by atoms with E-state index in [2.05, 4.69) is 34.5 Å². The molecule has 2 aromatic rings. The van der Waals surface area contributed by atoms with Crippen molar-refractivity contribution in [3.05, 3.63) is 41.7 Å². The maximum absolute atomic E-state index is 13.4. The van der Waals surface area contributed by atoms with Crippen molar-refractivity contribution in [2.45, 2.75) is 52.6 Å². The number of benzene rings is 1. The van der Waals surface area contributed by atoms with Gasteiger partial charge in [0, 0.05) is 31.3 Å². The van der Waals surface area contributed by atoms with E-state index in [-0.39, 0.29) is 17.2 Å². The third-order valence-electron chi connectivity index (χ3n) is 6.80. The molecule has 0 N–H and O–H groups in total. The Balaban J connectivity index is 1.78. The number of rotatable bonds is 9. The number of aromatic nitrogens is 1. The van der Waals surface area contributed by atoms with Gasteiger partial charge in [-0.1, -0.05) is 26.0 Å². The van der Waals surface area contributed by atoms with Gasteiger partial charge in [0.1, 0.15) is 17.5 Å². The van der Waals surface area contributed by atoms with E-state index in [1.807, 2.05) is 0 Å². The minimum absolute atomic E-state index is 0.00196. The molecule has 4 rings (SSSR count). The average molecular weight is 454 g/mol. The first-order chi connectivity index (χ1) is 15.9. The summed E-state index contributed by atoms with van der Waals surface area (Å²) in [7, 11) is 0. The summed E-state index contributed by atoms with van der Waals surface area (Å²) in [6.45, 7) is 2.92. The van der Waals surface area contributed by atoms with Gasteiger partial charge in [0.15, 0.2) is 5.78 Å². The van der Waals surface area contributed by atoms with Crippen molar-refractivity contribution < 1.29 is 18.3 Å². The number of halogens is 2. The van der Waals surface area contributed by atoms with Crippen LogP contribution in [0.25, 0.3) is 11.1 Å². The zero-order valence-corrected chi connectivity index (χ0v) is 19.1. The van der Waals surface area contributed by atoms with E-state index in [0.29, 0.717) is 40.6 Å². The summed E-state index contributed by atoms with van der Waals surface area (Å²) >= 11 is 0. The fourth-order valence-corrected chi connectivity index (χ4v) is 4.75. The second-order valence-corrected chi connectivity index (χ2v) is 9.38. The fraction of sp³-hybridized carbons (Fsp3) is 0.500. The molecule has 1 saturated heterocycles. The van der Waals surface area contributed by atoms with Gasteiger partial charge < -0.3 is 9.64 Å². The van der Waals surface area contributed by atoms with Crippen LogP contribution in [0, 0.1) is 29.1 Å². The van der Waals surface area contributed by atoms with Gasteiger partial charge in [0.05, 0.1) is 11.3 Å². The van der Waals surface area contributed by atoms with E-state index in [1.165, 1.54) is 31.2 Å². The minimum atomic E-state index is -2.95. The zero-order valence-electron chi connectivity index (χ0n) is 19.1. The predicted octanol–water partition coefficient (Wildman–Crippen LogP) is 6.08. The highest BCUT2D eigenvalue weighted by atomic mass is 19.3. The largest absolute Gasteiger partial charge is 0.435 e. The predicted molar refractivity (Wildman–Crippen MR) is 122 cm³/mol. The maximum Gasteiger partial charge on any atom is 0.387 e. The number of pyridine rings is 1. The number of carbonyl (C=O) groups excluding carboxylic acids is 1. The highest BCUT2D eigenvalue weighted by Gasteiger charge is 2.31. The van der Waals surface area contributed by atoms with Gasteiger partial charge in [-0.15, -0.1) is 0 Å². The Kier molecular flexibility index (Phi) is 6.92. The first kappa shape index (κ1) is 23.2. The number of carbonyl (C=O) groups is 1. The summed E-state index contributed by atoms with van der Waals surface area (Å²) < 4.78 is 30.2. The van der Waals surface area contributed by atoms with Crippen LogP contribution in [0.2, 0.25) is 0 Å². The van der Waals surface area contributed by atoms with Crippen LogP contribution in [0.15, 0.2) is 30.5 Å². The third kappa shape index (κ3) is 5.32. The number of alkyl halides is 2. The molecule has 2 heterocycles. The lowest BCUT2D eigenvalue weighted by Gasteiger charge is -2.25. The third-order valence-corrected chi connectivity index (χ3v) is 6.80. The first-order valence-corrected chi connectivity index (χ1v) is 11.6. The number of nitrogens with zero attached hydrogens (tertiary/aromatic N) is 3. The number of ether oxygens (including phenoxy) is 1. The van der Waals surface area contributed by atoms with E-state index in [0.717, 1.165) is 31.8 Å². The van der Waals surface area contributed by atoms with Gasteiger partial charge in [0.2, 0.25) is 0 Å². The summed E-state index contributed by atoms with van der Waals surface area (Å²) in [5.74, 6) is 1.70. The molecule has 0 spiro atoms. The molecule has 33 heavy (non-hydrogen) atoms. The Morgan fingerprint density at radius 3 is 2.76 bits per heavy atom. The summed E-state index contributed by atoms with van der Waals surface area (Å²) in [4.78, 5) is 19.8. The number of hydrogen-bond donors (Lipinski definition) is 0. The molecule has 174 valence electrons. The lowest BCUT2D eigenvalue weighted by Crippen LogP contribution is -2.24. The summed E-state index contributed by atoms with van der Waals surface area (Å²) in [6.07, 6.45) is 6.23. The van der Waals surface area contributed by atoms with Crippen molar-refractivity contribution in [2.24, 2.45) is 17.8 Å². The van der Waals surface area contributed by atoms with Crippen molar-refractivity contribution in [1.82, 2.24) is 4.98 Å². The molecule has 0 unspecified atom stereocenters. The SMILES string of the molecule is C[C@@H]1CCN(c2c(C(=O)CC[C@@H](C)C3CC3)cnc(C#N)c2-c2cccc(OC(F)F)c2)C1. The number of Topliss-reactive ketones (excluding diaryl/α,β-unsaturated/α-hetero) is 1. The molecule has 1 aliphatic heterocycles. The number of hydrogen-bond acceptors (Lipinski definition) is 5. The molecule has 0 amide bonds. The van der Waals surface area contributed by atoms with Gasteiger partial charge >= 0.3 is 6.61 Å². The molecule has 0 bridgehead atoms. The second kappa shape index (κ2) is 9.86. The molecular weight excluding hydrogens is 424 g/mol. The Morgan fingerprint density at radius 1 is 1.33 bits per heavy atom. The molecule has 5 nitrogen and oxygen atoms in total. The topological polar surface area (TPSA) is 66.2 Å². The van der Waals surface area contributed by atoms with Crippen LogP contribution >= 0.6 is 0 Å². The lowest BCUT2D eigenvalue weighted by molar-refractivity contribution is -0.0498. The van der Waals surface area contributed by atoms with E-state index >= 15 is 0 Å². The van der Waals surface area contributed by atoms with Crippen molar-refractivity contribution in [1.29, 1.82) is 5.26 Å². The van der Waals surface area contributed by atoms with Crippen LogP contribution in [-0.4, -0.2) is 30.5 Å². The van der Waals surface area contributed by atoms with Crippen LogP contribution in [0.4, 0.5) is 14.5 Å². The summed E-state index contributed by atoms with van der Waals surface area (Å²) in [5, 5.41) is 9.82. The normalized spacial score (nSPS) is 18.9. The Morgan fingerprint density at radius 2 is 2.12 bits per heavy atom. The van der Waals surface area contributed by atoms with Gasteiger partial charge in [0.25, 0.3) is 0 Å². The van der Waals surface area contributed by atoms with Crippen molar-refractivity contribution in [2.75, 3.05) is 18.0 Å². The summed E-state index contributed by atoms with van der Waals surface area (Å²) in [5.41, 5.74) is 2.40. The van der Waals surface area contributed by atoms with Crippen molar-refractivity contribution >= 4 is 11.5 Å². The number of nitriles is 1. The fourth-order valence-electron chi connectivity index (χ4n) is 4.75. The monoisotopic (exact) mass is 453 g/mol. The van der Waals surface area contributed by atoms with E-state index in [4.69, 9.17) is 0 Å². The Hall–Kier alpha value is -3.01. The van der Waals surface area contributed by atoms with E-state index in [1.54, 1.807) is 12.1 Å². The molecule has 1 aromatic carbocycles. The molecule has 2 aliphatic rings. The second-order valence-electron chi connectivity index (χ2n) is 9.38. The Bertz CT molecular complexity index is 1060. The highest BCUT2D eigenvalue weighted by molar-refractivity contribution is 6.05. The summed E-state index contributed by atoms with van der Waals surface area (Å²) in [6, 6.07) is 8.41. The Labute approximate surface area is 193 Å². The smallest absolute Gasteiger partial charge is 0.387 e. The van der Waals surface area contributed by atoms with Crippen LogP contribution in [0.5, 0.6) is 5.75 Å². The lowest BCUT2D eigenvalue weighted by atomic mass is 9.93. The molecule has 2 atom stereocenters. The molecule has 1 aliphatic carbocycles. The average Bonchev–Trinajstić information content (AvgIpc) is 3.56. The van der Waals surface area contributed by atoms with Crippen molar-refractivity contribution in [3.8, 4) is 22.9 Å². The van der Waals surface area contributed by atoms with Crippen LogP contribution in [0.1, 0.15) is 62.0 Å². The van der Waals surface area contributed by atoms with Gasteiger partial charge in [-0.05, 0) is 61.1 Å². The number of anilines is 1. The molecule has 2 fully saturated rings. The molecule has 7 heteroatoms. The van der Waals surface area contributed by atoms with E-state index < -0.39 is 6.61 Å². The van der Waals surface area contributed by atoms with Gasteiger partial charge in [-0.25, -0.2) is 4.98 Å². The van der Waals surface area contributed by atoms with Crippen molar-refractivity contribution in [3.63, 3.8) is 0 Å². The van der Waals surface area contributed by atoms with Crippen LogP contribution in [-0.2, 0) is 0 Å². The van der Waals surface area contributed by atoms with Crippen LogP contribution in [0.3, 0.4) is 0 Å². The molecule has 1 saturated carbocycles. The highest BCUT2D eigenvalue weighted by Crippen LogP contribution is 2.41. The quantitative estimate of drug-likeness (QED) is 0.431. The number of ketones is 1. The first-order valence-electron chi connectivity index (χ1n) is 11.6. The minimum Gasteiger partial charge on any atom is -0.435 e. The standard InChI is InChI=1S/C26H29F2N3O2/c1-16-10-11-31(15-16)25-21(23(32)9-6-17(2)18-7-8-18)14-30-22(13-29)24(25)19-4-3-5-20(12-19)33-26(27)28/h3-5,12,14,16-18,26H,6-11,15H2,1-2H3/t16-,17-/m1/s1. The molecule has 0 radical (unpaired) electrons. The van der Waals surface area contributed by atoms with Gasteiger partial charge in [-0.3, -0.25) is 4.79 Å².